The zero-order chi connectivity index (χ0) is 28.8. The van der Waals surface area contributed by atoms with Crippen molar-refractivity contribution in [3.8, 4) is 17.1 Å². The van der Waals surface area contributed by atoms with Crippen molar-refractivity contribution in [3.63, 3.8) is 0 Å². The summed E-state index contributed by atoms with van der Waals surface area (Å²) < 4.78 is 51.9. The first kappa shape index (κ1) is 27.5. The summed E-state index contributed by atoms with van der Waals surface area (Å²) in [5.41, 5.74) is 1.28. The van der Waals surface area contributed by atoms with E-state index in [1.165, 1.54) is 23.1 Å². The second-order valence-corrected chi connectivity index (χ2v) is 10.5. The Morgan fingerprint density at radius 3 is 2.60 bits per heavy atom. The number of aromatic nitrogens is 4. The molecule has 0 spiro atoms. The molecule has 0 radical (unpaired) electrons. The van der Waals surface area contributed by atoms with Crippen LogP contribution in [0.4, 0.5) is 18.9 Å². The molecule has 4 aromatic rings. The number of carbonyl (C=O) groups excluding carboxylic acids is 1. The van der Waals surface area contributed by atoms with E-state index >= 15 is 0 Å². The zero-order valence-electron chi connectivity index (χ0n) is 22.4. The Bertz CT molecular complexity index is 1580. The van der Waals surface area contributed by atoms with Crippen molar-refractivity contribution in [2.45, 2.75) is 52.3 Å². The molecule has 1 atom stereocenters. The van der Waals surface area contributed by atoms with Crippen molar-refractivity contribution < 1.29 is 32.5 Å². The Balaban J connectivity index is 1.42. The second-order valence-electron chi connectivity index (χ2n) is 10.5. The molecule has 1 N–H and O–H groups in total. The standard InChI is InChI=1S/C28H28F3N5O4/c1-16-11-17(25-32-13-18-12-19(28(29,30)31)6-7-20(18)34-25)5-8-21(16)35-9-10-39-22-14-33-36(24(22)26(35)38)15-23(37)40-27(2,3)4/h5-8,11-14,23,37H,9-10,15H2,1-4H3. The molecule has 0 saturated carbocycles. The molecule has 3 heterocycles. The number of hydrogen-bond donors (Lipinski definition) is 1. The van der Waals surface area contributed by atoms with Crippen LogP contribution in [-0.4, -0.2) is 55.8 Å². The van der Waals surface area contributed by atoms with Gasteiger partial charge in [0.05, 0.1) is 36.0 Å². The van der Waals surface area contributed by atoms with Gasteiger partial charge >= 0.3 is 6.18 Å². The van der Waals surface area contributed by atoms with Gasteiger partial charge in [0.1, 0.15) is 6.61 Å². The number of aliphatic hydroxyl groups excluding tert-OH is 1. The topological polar surface area (TPSA) is 103 Å². The van der Waals surface area contributed by atoms with Gasteiger partial charge in [-0.3, -0.25) is 9.48 Å². The minimum absolute atomic E-state index is 0.0583. The van der Waals surface area contributed by atoms with Crippen LogP contribution in [0.3, 0.4) is 0 Å². The van der Waals surface area contributed by atoms with E-state index in [1.54, 1.807) is 17.0 Å². The summed E-state index contributed by atoms with van der Waals surface area (Å²) in [4.78, 5) is 24.0. The van der Waals surface area contributed by atoms with E-state index in [-0.39, 0.29) is 36.7 Å². The largest absolute Gasteiger partial charge is 0.488 e. The SMILES string of the molecule is Cc1cc(-c2ncc3cc(C(F)(F)F)ccc3n2)ccc1N1CCOc2cnn(CC(O)OC(C)(C)C)c2C1=O. The van der Waals surface area contributed by atoms with Crippen LogP contribution in [0.15, 0.2) is 48.8 Å². The molecule has 40 heavy (non-hydrogen) atoms. The number of rotatable bonds is 5. The number of amides is 1. The molecule has 0 aliphatic carbocycles. The number of nitrogens with zero attached hydrogens (tertiary/aromatic N) is 5. The van der Waals surface area contributed by atoms with Gasteiger partial charge in [-0.2, -0.15) is 18.3 Å². The predicted molar refractivity (Wildman–Crippen MR) is 141 cm³/mol. The maximum atomic E-state index is 13.7. The Morgan fingerprint density at radius 1 is 1.12 bits per heavy atom. The lowest BCUT2D eigenvalue weighted by Gasteiger charge is -2.25. The van der Waals surface area contributed by atoms with Gasteiger partial charge in [-0.1, -0.05) is 0 Å². The summed E-state index contributed by atoms with van der Waals surface area (Å²) in [6.07, 6.45) is -2.82. The van der Waals surface area contributed by atoms with E-state index in [2.05, 4.69) is 15.1 Å². The van der Waals surface area contributed by atoms with Crippen LogP contribution in [-0.2, 0) is 17.5 Å². The van der Waals surface area contributed by atoms with Crippen LogP contribution in [0.1, 0.15) is 42.4 Å². The van der Waals surface area contributed by atoms with Gasteiger partial charge in [0, 0.05) is 22.8 Å². The van der Waals surface area contributed by atoms with Crippen LogP contribution >= 0.6 is 0 Å². The van der Waals surface area contributed by atoms with Gasteiger partial charge in [0.15, 0.2) is 23.6 Å². The van der Waals surface area contributed by atoms with Crippen LogP contribution in [0.25, 0.3) is 22.3 Å². The Hall–Kier alpha value is -4.03. The molecule has 0 fully saturated rings. The van der Waals surface area contributed by atoms with Gasteiger partial charge in [-0.05, 0) is 69.7 Å². The van der Waals surface area contributed by atoms with Gasteiger partial charge < -0.3 is 19.5 Å². The first-order valence-electron chi connectivity index (χ1n) is 12.6. The fourth-order valence-electron chi connectivity index (χ4n) is 4.57. The quantitative estimate of drug-likeness (QED) is 0.346. The number of anilines is 1. The lowest BCUT2D eigenvalue weighted by molar-refractivity contribution is -0.172. The third-order valence-electron chi connectivity index (χ3n) is 6.30. The molecule has 1 unspecified atom stereocenters. The number of benzene rings is 2. The van der Waals surface area contributed by atoms with Crippen molar-refractivity contribution in [3.05, 3.63) is 65.6 Å². The van der Waals surface area contributed by atoms with Gasteiger partial charge in [0.2, 0.25) is 0 Å². The van der Waals surface area contributed by atoms with E-state index in [9.17, 15) is 23.1 Å². The maximum absolute atomic E-state index is 13.7. The van der Waals surface area contributed by atoms with E-state index in [0.717, 1.165) is 17.7 Å². The summed E-state index contributed by atoms with van der Waals surface area (Å²) >= 11 is 0. The molecular weight excluding hydrogens is 527 g/mol. The number of ether oxygens (including phenoxy) is 2. The first-order chi connectivity index (χ1) is 18.8. The molecule has 5 rings (SSSR count). The lowest BCUT2D eigenvalue weighted by atomic mass is 10.1. The molecule has 2 aromatic carbocycles. The maximum Gasteiger partial charge on any atom is 0.416 e. The summed E-state index contributed by atoms with van der Waals surface area (Å²) in [6.45, 7) is 7.74. The number of aliphatic hydroxyl groups is 1. The monoisotopic (exact) mass is 555 g/mol. The van der Waals surface area contributed by atoms with Crippen molar-refractivity contribution in [2.75, 3.05) is 18.1 Å². The number of aryl methyl sites for hydroxylation is 1. The minimum atomic E-state index is -4.45. The van der Waals surface area contributed by atoms with Crippen molar-refractivity contribution >= 4 is 22.5 Å². The van der Waals surface area contributed by atoms with Gasteiger partial charge in [-0.25, -0.2) is 9.97 Å². The molecular formula is C28H28F3N5O4. The second kappa shape index (κ2) is 10.2. The fraction of sp³-hybridized carbons (Fsp3) is 0.357. The number of hydrogen-bond acceptors (Lipinski definition) is 7. The van der Waals surface area contributed by atoms with E-state index in [4.69, 9.17) is 9.47 Å². The minimum Gasteiger partial charge on any atom is -0.488 e. The Morgan fingerprint density at radius 2 is 1.90 bits per heavy atom. The average Bonchev–Trinajstić information content (AvgIpc) is 3.18. The number of carbonyl (C=O) groups is 1. The van der Waals surface area contributed by atoms with E-state index in [0.29, 0.717) is 28.3 Å². The van der Waals surface area contributed by atoms with E-state index in [1.807, 2.05) is 33.8 Å². The lowest BCUT2D eigenvalue weighted by Crippen LogP contribution is -2.36. The van der Waals surface area contributed by atoms with Crippen LogP contribution in [0, 0.1) is 6.92 Å². The summed E-state index contributed by atoms with van der Waals surface area (Å²) in [6, 6.07) is 8.68. The summed E-state index contributed by atoms with van der Waals surface area (Å²) in [7, 11) is 0. The molecule has 1 aliphatic heterocycles. The molecule has 12 heteroatoms. The number of fused-ring (bicyclic) bond motifs is 2. The molecule has 9 nitrogen and oxygen atoms in total. The zero-order valence-corrected chi connectivity index (χ0v) is 22.4. The smallest absolute Gasteiger partial charge is 0.416 e. The summed E-state index contributed by atoms with van der Waals surface area (Å²) in [5.74, 6) is 0.329. The fourth-order valence-corrected chi connectivity index (χ4v) is 4.57. The van der Waals surface area contributed by atoms with Crippen molar-refractivity contribution in [1.29, 1.82) is 0 Å². The van der Waals surface area contributed by atoms with Crippen molar-refractivity contribution in [1.82, 2.24) is 19.7 Å². The van der Waals surface area contributed by atoms with E-state index < -0.39 is 23.6 Å². The molecule has 2 aromatic heterocycles. The highest BCUT2D eigenvalue weighted by Gasteiger charge is 2.32. The third kappa shape index (κ3) is 5.63. The molecule has 1 amide bonds. The van der Waals surface area contributed by atoms with Crippen LogP contribution in [0.5, 0.6) is 5.75 Å². The average molecular weight is 556 g/mol. The number of alkyl halides is 3. The predicted octanol–water partition coefficient (Wildman–Crippen LogP) is 4.99. The Kier molecular flexibility index (Phi) is 7.01. The Labute approximate surface area is 228 Å². The third-order valence-corrected chi connectivity index (χ3v) is 6.30. The van der Waals surface area contributed by atoms with Crippen LogP contribution in [0.2, 0.25) is 0 Å². The molecule has 1 aliphatic rings. The molecule has 0 bridgehead atoms. The van der Waals surface area contributed by atoms with Crippen LogP contribution < -0.4 is 9.64 Å². The molecule has 210 valence electrons. The van der Waals surface area contributed by atoms with Gasteiger partial charge in [-0.15, -0.1) is 0 Å². The summed E-state index contributed by atoms with van der Waals surface area (Å²) in [5, 5.41) is 14.9. The number of halogens is 3. The molecule has 0 saturated heterocycles. The normalized spacial score (nSPS) is 15.1. The highest BCUT2D eigenvalue weighted by atomic mass is 19.4. The highest BCUT2D eigenvalue weighted by molar-refractivity contribution is 6.07. The first-order valence-corrected chi connectivity index (χ1v) is 12.6. The van der Waals surface area contributed by atoms with Gasteiger partial charge in [0.25, 0.3) is 5.91 Å². The highest BCUT2D eigenvalue weighted by Crippen LogP contribution is 2.33. The van der Waals surface area contributed by atoms with Crippen molar-refractivity contribution in [2.24, 2.45) is 0 Å².